The first-order valence-electron chi connectivity index (χ1n) is 8.03. The molecule has 0 unspecified atom stereocenters. The Labute approximate surface area is 146 Å². The quantitative estimate of drug-likeness (QED) is 0.791. The summed E-state index contributed by atoms with van der Waals surface area (Å²) in [5, 5.41) is 0.527. The van der Waals surface area contributed by atoms with Gasteiger partial charge in [0.2, 0.25) is 0 Å². The topological polar surface area (TPSA) is 55.3 Å². The van der Waals surface area contributed by atoms with Gasteiger partial charge in [0.05, 0.1) is 0 Å². The van der Waals surface area contributed by atoms with E-state index in [0.29, 0.717) is 16.3 Å². The number of carbonyl (C=O) groups is 1. The maximum Gasteiger partial charge on any atom is 0.160 e. The summed E-state index contributed by atoms with van der Waals surface area (Å²) in [6.07, 6.45) is 5.22. The van der Waals surface area contributed by atoms with Crippen molar-refractivity contribution in [1.82, 2.24) is 9.97 Å². The smallest absolute Gasteiger partial charge is 0.160 e. The molecule has 1 saturated heterocycles. The lowest BCUT2D eigenvalue weighted by Crippen LogP contribution is -2.38. The Morgan fingerprint density at radius 1 is 1.33 bits per heavy atom. The summed E-state index contributed by atoms with van der Waals surface area (Å²) in [4.78, 5) is 22.2. The van der Waals surface area contributed by atoms with Crippen molar-refractivity contribution in [2.45, 2.75) is 32.8 Å². The molecule has 0 aliphatic carbocycles. The molecule has 0 bridgehead atoms. The summed E-state index contributed by atoms with van der Waals surface area (Å²) in [5.41, 5.74) is 1.47. The van der Waals surface area contributed by atoms with Crippen LogP contribution in [0.25, 0.3) is 0 Å². The molecule has 126 valence electrons. The number of anilines is 1. The lowest BCUT2D eigenvalue weighted by molar-refractivity contribution is 0.101. The second kappa shape index (κ2) is 7.18. The summed E-state index contributed by atoms with van der Waals surface area (Å²) in [6, 6.07) is 5.41. The molecule has 0 N–H and O–H groups in total. The number of nitrogens with zero attached hydrogens (tertiary/aromatic N) is 3. The van der Waals surface area contributed by atoms with Gasteiger partial charge in [-0.1, -0.05) is 11.6 Å². The first-order chi connectivity index (χ1) is 11.5. The average Bonchev–Trinajstić information content (AvgIpc) is 2.59. The Bertz CT molecular complexity index is 729. The minimum Gasteiger partial charge on any atom is -0.490 e. The highest BCUT2D eigenvalue weighted by Crippen LogP contribution is 2.30. The van der Waals surface area contributed by atoms with Gasteiger partial charge in [0, 0.05) is 48.3 Å². The molecule has 2 heterocycles. The highest BCUT2D eigenvalue weighted by Gasteiger charge is 2.23. The van der Waals surface area contributed by atoms with Crippen molar-refractivity contribution >= 4 is 23.2 Å². The molecule has 1 fully saturated rings. The maximum absolute atomic E-state index is 11.7. The Kier molecular flexibility index (Phi) is 5.00. The number of Topliss-reactive ketones (excluding diaryl/α,β-unsaturated/α-hetero) is 1. The van der Waals surface area contributed by atoms with Gasteiger partial charge in [0.15, 0.2) is 5.78 Å². The molecule has 1 aromatic heterocycles. The van der Waals surface area contributed by atoms with Gasteiger partial charge in [-0.05, 0) is 32.0 Å². The molecule has 5 nitrogen and oxygen atoms in total. The molecule has 0 radical (unpaired) electrons. The van der Waals surface area contributed by atoms with Crippen LogP contribution in [0.2, 0.25) is 5.02 Å². The number of carbonyl (C=O) groups excluding carboxylic acids is 1. The fraction of sp³-hybridized carbons (Fsp3) is 0.389. The Balaban J connectivity index is 1.67. The third-order valence-electron chi connectivity index (χ3n) is 4.33. The number of hydrogen-bond acceptors (Lipinski definition) is 5. The van der Waals surface area contributed by atoms with E-state index in [9.17, 15) is 4.79 Å². The fourth-order valence-electron chi connectivity index (χ4n) is 3.00. The van der Waals surface area contributed by atoms with Crippen LogP contribution in [0.1, 0.15) is 35.7 Å². The molecule has 0 spiro atoms. The minimum absolute atomic E-state index is 0.00145. The molecular weight excluding hydrogens is 326 g/mol. The van der Waals surface area contributed by atoms with Crippen LogP contribution in [0.4, 0.5) is 5.82 Å². The van der Waals surface area contributed by atoms with Gasteiger partial charge < -0.3 is 9.64 Å². The molecule has 0 atom stereocenters. The summed E-state index contributed by atoms with van der Waals surface area (Å²) in [6.45, 7) is 5.20. The molecule has 3 rings (SSSR count). The van der Waals surface area contributed by atoms with E-state index < -0.39 is 0 Å². The summed E-state index contributed by atoms with van der Waals surface area (Å²) >= 11 is 6.13. The molecule has 1 aliphatic heterocycles. The zero-order valence-corrected chi connectivity index (χ0v) is 14.6. The first-order valence-corrected chi connectivity index (χ1v) is 8.41. The zero-order chi connectivity index (χ0) is 17.1. The van der Waals surface area contributed by atoms with Gasteiger partial charge in [-0.2, -0.15) is 0 Å². The first kappa shape index (κ1) is 16.7. The number of benzene rings is 1. The molecule has 2 aromatic rings. The lowest BCUT2D eigenvalue weighted by Gasteiger charge is -2.33. The summed E-state index contributed by atoms with van der Waals surface area (Å²) < 4.78 is 6.15. The van der Waals surface area contributed by atoms with Gasteiger partial charge >= 0.3 is 0 Å². The van der Waals surface area contributed by atoms with Crippen LogP contribution in [0.3, 0.4) is 0 Å². The number of ketones is 1. The largest absolute Gasteiger partial charge is 0.490 e. The Morgan fingerprint density at radius 3 is 2.71 bits per heavy atom. The Hall–Kier alpha value is -2.14. The highest BCUT2D eigenvalue weighted by atomic mass is 35.5. The normalized spacial score (nSPS) is 15.4. The van der Waals surface area contributed by atoms with E-state index >= 15 is 0 Å². The van der Waals surface area contributed by atoms with E-state index in [2.05, 4.69) is 14.9 Å². The maximum atomic E-state index is 11.7. The van der Waals surface area contributed by atoms with Crippen LogP contribution >= 0.6 is 11.6 Å². The molecule has 24 heavy (non-hydrogen) atoms. The zero-order valence-electron chi connectivity index (χ0n) is 13.8. The van der Waals surface area contributed by atoms with Gasteiger partial charge in [0.25, 0.3) is 0 Å². The van der Waals surface area contributed by atoms with E-state index in [1.54, 1.807) is 31.6 Å². The molecule has 1 aliphatic rings. The van der Waals surface area contributed by atoms with Gasteiger partial charge in [-0.25, -0.2) is 9.97 Å². The third kappa shape index (κ3) is 3.67. The number of piperidine rings is 1. The van der Waals surface area contributed by atoms with E-state index in [-0.39, 0.29) is 11.9 Å². The van der Waals surface area contributed by atoms with Crippen LogP contribution in [-0.4, -0.2) is 34.9 Å². The number of hydrogen-bond donors (Lipinski definition) is 0. The van der Waals surface area contributed by atoms with Crippen molar-refractivity contribution in [1.29, 1.82) is 0 Å². The van der Waals surface area contributed by atoms with E-state index in [4.69, 9.17) is 16.3 Å². The predicted molar refractivity (Wildman–Crippen MR) is 94.1 cm³/mol. The lowest BCUT2D eigenvalue weighted by atomic mass is 10.0. The van der Waals surface area contributed by atoms with Crippen molar-refractivity contribution in [2.24, 2.45) is 0 Å². The van der Waals surface area contributed by atoms with Crippen molar-refractivity contribution in [2.75, 3.05) is 18.0 Å². The number of ether oxygens (including phenoxy) is 1. The van der Waals surface area contributed by atoms with Gasteiger partial charge in [-0.3, -0.25) is 4.79 Å². The number of aromatic nitrogens is 2. The predicted octanol–water partition coefficient (Wildman–Crippen LogP) is 3.69. The number of halogens is 1. The monoisotopic (exact) mass is 345 g/mol. The second-order valence-electron chi connectivity index (χ2n) is 6.00. The third-order valence-corrected chi connectivity index (χ3v) is 4.55. The fourth-order valence-corrected chi connectivity index (χ4v) is 3.20. The van der Waals surface area contributed by atoms with Crippen LogP contribution in [0.15, 0.2) is 30.7 Å². The average molecular weight is 346 g/mol. The standard InChI is InChI=1S/C18H20ClN3O2/c1-12-16(13(2)23)9-14(19)10-17(12)24-15-4-7-22(8-5-15)18-3-6-20-11-21-18/h3,6,9-11,15H,4-5,7-8H2,1-2H3. The molecule has 0 amide bonds. The van der Waals surface area contributed by atoms with Crippen molar-refractivity contribution < 1.29 is 9.53 Å². The van der Waals surface area contributed by atoms with Crippen molar-refractivity contribution in [3.63, 3.8) is 0 Å². The summed E-state index contributed by atoms with van der Waals surface area (Å²) in [7, 11) is 0. The SMILES string of the molecule is CC(=O)c1cc(Cl)cc(OC2CCN(c3ccncn3)CC2)c1C. The Morgan fingerprint density at radius 2 is 2.08 bits per heavy atom. The molecule has 1 aromatic carbocycles. The highest BCUT2D eigenvalue weighted by molar-refractivity contribution is 6.31. The molecule has 6 heteroatoms. The van der Waals surface area contributed by atoms with E-state index in [1.807, 2.05) is 13.0 Å². The summed E-state index contributed by atoms with van der Waals surface area (Å²) in [5.74, 6) is 1.65. The minimum atomic E-state index is -0.00145. The van der Waals surface area contributed by atoms with Crippen LogP contribution in [-0.2, 0) is 0 Å². The van der Waals surface area contributed by atoms with Crippen molar-refractivity contribution in [3.05, 3.63) is 46.9 Å². The van der Waals surface area contributed by atoms with Gasteiger partial charge in [-0.15, -0.1) is 0 Å². The van der Waals surface area contributed by atoms with Crippen LogP contribution < -0.4 is 9.64 Å². The van der Waals surface area contributed by atoms with E-state index in [1.165, 1.54) is 0 Å². The van der Waals surface area contributed by atoms with Crippen LogP contribution in [0, 0.1) is 6.92 Å². The number of rotatable bonds is 4. The van der Waals surface area contributed by atoms with Gasteiger partial charge in [0.1, 0.15) is 24.0 Å². The van der Waals surface area contributed by atoms with Crippen LogP contribution in [0.5, 0.6) is 5.75 Å². The second-order valence-corrected chi connectivity index (χ2v) is 6.44. The molecule has 0 saturated carbocycles. The van der Waals surface area contributed by atoms with Crippen molar-refractivity contribution in [3.8, 4) is 5.75 Å². The van der Waals surface area contributed by atoms with E-state index in [0.717, 1.165) is 37.3 Å². The molecular formula is C18H20ClN3O2.